The van der Waals surface area contributed by atoms with Crippen LogP contribution >= 0.6 is 0 Å². The number of amides is 2. The molecule has 150 valence electrons. The number of methoxy groups -OCH3 is 2. The molecule has 0 spiro atoms. The molecule has 0 saturated carbocycles. The van der Waals surface area contributed by atoms with Gasteiger partial charge in [0.25, 0.3) is 11.8 Å². The van der Waals surface area contributed by atoms with E-state index in [1.807, 2.05) is 12.1 Å². The first-order chi connectivity index (χ1) is 13.4. The predicted molar refractivity (Wildman–Crippen MR) is 109 cm³/mol. The molecule has 28 heavy (non-hydrogen) atoms. The molecule has 0 bridgehead atoms. The Morgan fingerprint density at radius 2 is 1.43 bits per heavy atom. The van der Waals surface area contributed by atoms with Gasteiger partial charge in [-0.3, -0.25) is 9.59 Å². The van der Waals surface area contributed by atoms with Crippen LogP contribution < -0.4 is 20.1 Å². The standard InChI is InChI=1S/C22H28N2O4/c1-15(2)11-12-23-21(25)17-6-8-18(9-7-17)22(26)24-14-16-5-10-19(27-3)20(13-16)28-4/h5-10,13,15H,11-12,14H2,1-4H3,(H,23,25)(H,24,26). The van der Waals surface area contributed by atoms with Crippen LogP contribution in [0.15, 0.2) is 42.5 Å². The molecule has 6 nitrogen and oxygen atoms in total. The van der Waals surface area contributed by atoms with Crippen molar-refractivity contribution in [3.63, 3.8) is 0 Å². The molecule has 0 heterocycles. The van der Waals surface area contributed by atoms with Crippen molar-refractivity contribution in [1.82, 2.24) is 10.6 Å². The van der Waals surface area contributed by atoms with Gasteiger partial charge in [0.2, 0.25) is 0 Å². The normalized spacial score (nSPS) is 10.5. The summed E-state index contributed by atoms with van der Waals surface area (Å²) in [6, 6.07) is 12.1. The molecule has 0 unspecified atom stereocenters. The highest BCUT2D eigenvalue weighted by molar-refractivity contribution is 5.97. The number of hydrogen-bond donors (Lipinski definition) is 2. The largest absolute Gasteiger partial charge is 0.493 e. The molecule has 0 aliphatic rings. The molecular formula is C22H28N2O4. The third-order valence-electron chi connectivity index (χ3n) is 4.32. The second kappa shape index (κ2) is 10.3. The third-order valence-corrected chi connectivity index (χ3v) is 4.32. The monoisotopic (exact) mass is 384 g/mol. The van der Waals surface area contributed by atoms with E-state index in [1.54, 1.807) is 44.6 Å². The van der Waals surface area contributed by atoms with Crippen molar-refractivity contribution in [3.05, 3.63) is 59.2 Å². The van der Waals surface area contributed by atoms with E-state index in [2.05, 4.69) is 24.5 Å². The molecule has 0 aliphatic carbocycles. The summed E-state index contributed by atoms with van der Waals surface area (Å²) in [5.41, 5.74) is 1.94. The van der Waals surface area contributed by atoms with Gasteiger partial charge in [-0.25, -0.2) is 0 Å². The lowest BCUT2D eigenvalue weighted by Gasteiger charge is -2.11. The van der Waals surface area contributed by atoms with E-state index in [0.717, 1.165) is 12.0 Å². The molecule has 2 rings (SSSR count). The molecular weight excluding hydrogens is 356 g/mol. The second-order valence-corrected chi connectivity index (χ2v) is 6.89. The highest BCUT2D eigenvalue weighted by Gasteiger charge is 2.10. The predicted octanol–water partition coefficient (Wildman–Crippen LogP) is 3.41. The minimum Gasteiger partial charge on any atom is -0.493 e. The van der Waals surface area contributed by atoms with Gasteiger partial charge in [0.1, 0.15) is 0 Å². The van der Waals surface area contributed by atoms with Crippen molar-refractivity contribution in [3.8, 4) is 11.5 Å². The molecule has 0 aliphatic heterocycles. The van der Waals surface area contributed by atoms with Crippen LogP contribution in [0.3, 0.4) is 0 Å². The average molecular weight is 384 g/mol. The zero-order chi connectivity index (χ0) is 20.5. The van der Waals surface area contributed by atoms with E-state index >= 15 is 0 Å². The molecule has 0 fully saturated rings. The van der Waals surface area contributed by atoms with Crippen molar-refractivity contribution in [2.75, 3.05) is 20.8 Å². The van der Waals surface area contributed by atoms with E-state index in [0.29, 0.717) is 41.6 Å². The Balaban J connectivity index is 1.91. The van der Waals surface area contributed by atoms with E-state index in [-0.39, 0.29) is 11.8 Å². The summed E-state index contributed by atoms with van der Waals surface area (Å²) in [5, 5.41) is 5.75. The Kier molecular flexibility index (Phi) is 7.87. The van der Waals surface area contributed by atoms with E-state index in [9.17, 15) is 9.59 Å². The van der Waals surface area contributed by atoms with Gasteiger partial charge in [-0.2, -0.15) is 0 Å². The smallest absolute Gasteiger partial charge is 0.251 e. The van der Waals surface area contributed by atoms with Crippen LogP contribution in [0.4, 0.5) is 0 Å². The maximum atomic E-state index is 12.4. The topological polar surface area (TPSA) is 76.7 Å². The molecule has 0 atom stereocenters. The Morgan fingerprint density at radius 1 is 0.857 bits per heavy atom. The van der Waals surface area contributed by atoms with E-state index in [1.165, 1.54) is 0 Å². The summed E-state index contributed by atoms with van der Waals surface area (Å²) >= 11 is 0. The minimum atomic E-state index is -0.207. The van der Waals surface area contributed by atoms with Gasteiger partial charge in [0.05, 0.1) is 14.2 Å². The number of carbonyl (C=O) groups excluding carboxylic acids is 2. The SMILES string of the molecule is COc1ccc(CNC(=O)c2ccc(C(=O)NCCC(C)C)cc2)cc1OC. The Bertz CT molecular complexity index is 801. The van der Waals surface area contributed by atoms with Gasteiger partial charge < -0.3 is 20.1 Å². The number of ether oxygens (including phenoxy) is 2. The van der Waals surface area contributed by atoms with Crippen molar-refractivity contribution in [2.45, 2.75) is 26.8 Å². The molecule has 0 saturated heterocycles. The van der Waals surface area contributed by atoms with E-state index < -0.39 is 0 Å². The van der Waals surface area contributed by atoms with Gasteiger partial charge in [-0.15, -0.1) is 0 Å². The van der Waals surface area contributed by atoms with Gasteiger partial charge in [-0.1, -0.05) is 19.9 Å². The highest BCUT2D eigenvalue weighted by Crippen LogP contribution is 2.27. The fourth-order valence-electron chi connectivity index (χ4n) is 2.62. The Labute approximate surface area is 166 Å². The summed E-state index contributed by atoms with van der Waals surface area (Å²) in [5.74, 6) is 1.46. The average Bonchev–Trinajstić information content (AvgIpc) is 2.71. The van der Waals surface area contributed by atoms with Crippen molar-refractivity contribution < 1.29 is 19.1 Å². The summed E-state index contributed by atoms with van der Waals surface area (Å²) in [4.78, 5) is 24.5. The first-order valence-electron chi connectivity index (χ1n) is 9.32. The van der Waals surface area contributed by atoms with Crippen LogP contribution in [0.2, 0.25) is 0 Å². The van der Waals surface area contributed by atoms with Crippen LogP contribution in [0, 0.1) is 5.92 Å². The maximum Gasteiger partial charge on any atom is 0.251 e. The molecule has 2 aromatic rings. The van der Waals surface area contributed by atoms with Gasteiger partial charge in [0, 0.05) is 24.2 Å². The third kappa shape index (κ3) is 6.01. The van der Waals surface area contributed by atoms with Gasteiger partial charge in [0.15, 0.2) is 11.5 Å². The maximum absolute atomic E-state index is 12.4. The first-order valence-corrected chi connectivity index (χ1v) is 9.32. The molecule has 2 aromatic carbocycles. The fourth-order valence-corrected chi connectivity index (χ4v) is 2.62. The van der Waals surface area contributed by atoms with Crippen LogP contribution in [0.5, 0.6) is 11.5 Å². The Morgan fingerprint density at radius 3 is 1.96 bits per heavy atom. The lowest BCUT2D eigenvalue weighted by Crippen LogP contribution is -2.26. The summed E-state index contributed by atoms with van der Waals surface area (Å²) in [6.45, 7) is 5.23. The first kappa shape index (κ1) is 21.3. The van der Waals surface area contributed by atoms with Crippen LogP contribution in [0.1, 0.15) is 46.5 Å². The lowest BCUT2D eigenvalue weighted by atomic mass is 10.1. The molecule has 0 aromatic heterocycles. The highest BCUT2D eigenvalue weighted by atomic mass is 16.5. The summed E-state index contributed by atoms with van der Waals surface area (Å²) < 4.78 is 10.5. The minimum absolute atomic E-state index is 0.127. The van der Waals surface area contributed by atoms with Crippen LogP contribution in [0.25, 0.3) is 0 Å². The molecule has 2 N–H and O–H groups in total. The van der Waals surface area contributed by atoms with E-state index in [4.69, 9.17) is 9.47 Å². The number of rotatable bonds is 9. The molecule has 2 amide bonds. The van der Waals surface area contributed by atoms with Crippen molar-refractivity contribution in [2.24, 2.45) is 5.92 Å². The zero-order valence-electron chi connectivity index (χ0n) is 16.9. The van der Waals surface area contributed by atoms with Crippen LogP contribution in [-0.4, -0.2) is 32.6 Å². The molecule has 0 radical (unpaired) electrons. The van der Waals surface area contributed by atoms with Gasteiger partial charge in [-0.05, 0) is 54.3 Å². The van der Waals surface area contributed by atoms with Crippen molar-refractivity contribution in [1.29, 1.82) is 0 Å². The molecule has 6 heteroatoms. The van der Waals surface area contributed by atoms with Crippen LogP contribution in [-0.2, 0) is 6.54 Å². The van der Waals surface area contributed by atoms with Crippen molar-refractivity contribution >= 4 is 11.8 Å². The number of hydrogen-bond acceptors (Lipinski definition) is 4. The number of carbonyl (C=O) groups is 2. The lowest BCUT2D eigenvalue weighted by molar-refractivity contribution is 0.0939. The quantitative estimate of drug-likeness (QED) is 0.695. The van der Waals surface area contributed by atoms with Gasteiger partial charge >= 0.3 is 0 Å². The number of nitrogens with one attached hydrogen (secondary N) is 2. The number of benzene rings is 2. The summed E-state index contributed by atoms with van der Waals surface area (Å²) in [6.07, 6.45) is 0.933. The second-order valence-electron chi connectivity index (χ2n) is 6.89. The fraction of sp³-hybridized carbons (Fsp3) is 0.364. The zero-order valence-corrected chi connectivity index (χ0v) is 16.9. The Hall–Kier alpha value is -3.02. The summed E-state index contributed by atoms with van der Waals surface area (Å²) in [7, 11) is 3.15.